The van der Waals surface area contributed by atoms with Crippen molar-refractivity contribution in [3.63, 3.8) is 0 Å². The van der Waals surface area contributed by atoms with E-state index in [1.807, 2.05) is 31.2 Å². The van der Waals surface area contributed by atoms with Gasteiger partial charge in [0, 0.05) is 12.6 Å². The normalized spacial score (nSPS) is 12.5. The Morgan fingerprint density at radius 1 is 1.27 bits per heavy atom. The lowest BCUT2D eigenvalue weighted by Crippen LogP contribution is -2.33. The molecule has 1 atom stereocenters. The van der Waals surface area contributed by atoms with Gasteiger partial charge >= 0.3 is 0 Å². The molecule has 1 N–H and O–H groups in total. The van der Waals surface area contributed by atoms with Crippen molar-refractivity contribution < 1.29 is 4.79 Å². The number of hydrogen-bond acceptors (Lipinski definition) is 2. The third-order valence-electron chi connectivity index (χ3n) is 3.93. The maximum Gasteiger partial charge on any atom is 0.268 e. The molecule has 0 radical (unpaired) electrons. The lowest BCUT2D eigenvalue weighted by molar-refractivity contribution is 0.0931. The number of thiophene rings is 1. The number of nitrogens with one attached hydrogen (secondary N) is 1. The Balaban J connectivity index is 1.97. The number of carbonyl (C=O) groups excluding carboxylic acids is 1. The van der Waals surface area contributed by atoms with Gasteiger partial charge in [0.25, 0.3) is 5.91 Å². The SMILES string of the molecule is CC[C@H](C)NC(=O)c1cc2sccc2n1Cc1ccccc1. The fourth-order valence-corrected chi connectivity index (χ4v) is 3.32. The molecule has 2 aromatic heterocycles. The van der Waals surface area contributed by atoms with Crippen LogP contribution in [0.3, 0.4) is 0 Å². The highest BCUT2D eigenvalue weighted by Gasteiger charge is 2.17. The van der Waals surface area contributed by atoms with E-state index in [2.05, 4.69) is 40.4 Å². The van der Waals surface area contributed by atoms with E-state index in [-0.39, 0.29) is 11.9 Å². The van der Waals surface area contributed by atoms with E-state index in [1.54, 1.807) is 11.3 Å². The van der Waals surface area contributed by atoms with Crippen LogP contribution in [0.25, 0.3) is 10.2 Å². The van der Waals surface area contributed by atoms with Crippen LogP contribution >= 0.6 is 11.3 Å². The monoisotopic (exact) mass is 312 g/mol. The Labute approximate surface area is 134 Å². The lowest BCUT2D eigenvalue weighted by atomic mass is 10.2. The molecule has 22 heavy (non-hydrogen) atoms. The Morgan fingerprint density at radius 2 is 2.05 bits per heavy atom. The van der Waals surface area contributed by atoms with Gasteiger partial charge in [-0.15, -0.1) is 11.3 Å². The van der Waals surface area contributed by atoms with Crippen molar-refractivity contribution in [1.29, 1.82) is 0 Å². The standard InChI is InChI=1S/C18H20N2OS/c1-3-13(2)19-18(21)16-11-17-15(9-10-22-17)20(16)12-14-7-5-4-6-8-14/h4-11,13H,3,12H2,1-2H3,(H,19,21)/t13-/m0/s1. The lowest BCUT2D eigenvalue weighted by Gasteiger charge is -2.14. The molecule has 4 heteroatoms. The zero-order chi connectivity index (χ0) is 15.5. The summed E-state index contributed by atoms with van der Waals surface area (Å²) in [7, 11) is 0. The molecule has 1 amide bonds. The Bertz CT molecular complexity index is 773. The number of aromatic nitrogens is 1. The summed E-state index contributed by atoms with van der Waals surface area (Å²) in [5, 5.41) is 5.14. The van der Waals surface area contributed by atoms with Gasteiger partial charge in [-0.05, 0) is 36.4 Å². The molecule has 3 rings (SSSR count). The van der Waals surface area contributed by atoms with Crippen LogP contribution in [0.15, 0.2) is 47.8 Å². The second-order valence-corrected chi connectivity index (χ2v) is 6.50. The minimum Gasteiger partial charge on any atom is -0.348 e. The second-order valence-electron chi connectivity index (χ2n) is 5.55. The van der Waals surface area contributed by atoms with Crippen LogP contribution in [0, 0.1) is 0 Å². The zero-order valence-corrected chi connectivity index (χ0v) is 13.7. The van der Waals surface area contributed by atoms with Gasteiger partial charge in [0.1, 0.15) is 5.69 Å². The van der Waals surface area contributed by atoms with Crippen LogP contribution in [0.1, 0.15) is 36.3 Å². The number of nitrogens with zero attached hydrogens (tertiary/aromatic N) is 1. The fraction of sp³-hybridized carbons (Fsp3) is 0.278. The molecule has 0 unspecified atom stereocenters. The molecule has 114 valence electrons. The van der Waals surface area contributed by atoms with Crippen molar-refractivity contribution in [2.24, 2.45) is 0 Å². The molecule has 0 saturated heterocycles. The fourth-order valence-electron chi connectivity index (χ4n) is 2.50. The number of hydrogen-bond donors (Lipinski definition) is 1. The largest absolute Gasteiger partial charge is 0.348 e. The molecular formula is C18H20N2OS. The molecule has 0 aliphatic rings. The minimum atomic E-state index is 0.00804. The van der Waals surface area contributed by atoms with Gasteiger partial charge in [0.15, 0.2) is 0 Å². The van der Waals surface area contributed by atoms with Gasteiger partial charge in [-0.2, -0.15) is 0 Å². The average Bonchev–Trinajstić information content (AvgIpc) is 3.11. The van der Waals surface area contributed by atoms with Crippen LogP contribution in [0.2, 0.25) is 0 Å². The van der Waals surface area contributed by atoms with E-state index >= 15 is 0 Å². The van der Waals surface area contributed by atoms with Crippen molar-refractivity contribution in [3.8, 4) is 0 Å². The van der Waals surface area contributed by atoms with Crippen molar-refractivity contribution in [3.05, 3.63) is 59.1 Å². The van der Waals surface area contributed by atoms with E-state index in [4.69, 9.17) is 0 Å². The zero-order valence-electron chi connectivity index (χ0n) is 12.9. The Hall–Kier alpha value is -2.07. The van der Waals surface area contributed by atoms with Crippen molar-refractivity contribution in [2.45, 2.75) is 32.9 Å². The molecule has 0 bridgehead atoms. The van der Waals surface area contributed by atoms with Crippen LogP contribution in [0.5, 0.6) is 0 Å². The van der Waals surface area contributed by atoms with Gasteiger partial charge in [-0.1, -0.05) is 37.3 Å². The first-order chi connectivity index (χ1) is 10.7. The van der Waals surface area contributed by atoms with Gasteiger partial charge in [-0.25, -0.2) is 0 Å². The smallest absolute Gasteiger partial charge is 0.268 e. The quantitative estimate of drug-likeness (QED) is 0.749. The molecule has 0 fully saturated rings. The first-order valence-corrected chi connectivity index (χ1v) is 8.48. The topological polar surface area (TPSA) is 34.0 Å². The highest BCUT2D eigenvalue weighted by atomic mass is 32.1. The van der Waals surface area contributed by atoms with E-state index in [0.717, 1.165) is 22.3 Å². The molecule has 0 aliphatic heterocycles. The molecule has 0 aliphatic carbocycles. The highest BCUT2D eigenvalue weighted by Crippen LogP contribution is 2.26. The molecule has 3 aromatic rings. The van der Waals surface area contributed by atoms with Gasteiger partial charge in [0.05, 0.1) is 10.2 Å². The molecule has 2 heterocycles. The van der Waals surface area contributed by atoms with E-state index in [1.165, 1.54) is 5.56 Å². The molecule has 0 saturated carbocycles. The second kappa shape index (κ2) is 6.36. The van der Waals surface area contributed by atoms with Crippen LogP contribution in [0.4, 0.5) is 0 Å². The summed E-state index contributed by atoms with van der Waals surface area (Å²) in [5.41, 5.74) is 3.07. The minimum absolute atomic E-state index is 0.00804. The molecule has 1 aromatic carbocycles. The Kier molecular flexibility index (Phi) is 4.29. The predicted octanol–water partition coefficient (Wildman–Crippen LogP) is 4.28. The van der Waals surface area contributed by atoms with Gasteiger partial charge < -0.3 is 9.88 Å². The average molecular weight is 312 g/mol. The van der Waals surface area contributed by atoms with Crippen LogP contribution in [-0.2, 0) is 6.54 Å². The maximum atomic E-state index is 12.6. The van der Waals surface area contributed by atoms with Crippen molar-refractivity contribution in [2.75, 3.05) is 0 Å². The Morgan fingerprint density at radius 3 is 2.77 bits per heavy atom. The van der Waals surface area contributed by atoms with Crippen molar-refractivity contribution in [1.82, 2.24) is 9.88 Å². The van der Waals surface area contributed by atoms with Crippen molar-refractivity contribution >= 4 is 27.5 Å². The summed E-state index contributed by atoms with van der Waals surface area (Å²) < 4.78 is 3.27. The van der Waals surface area contributed by atoms with Crippen LogP contribution < -0.4 is 5.32 Å². The number of amides is 1. The summed E-state index contributed by atoms with van der Waals surface area (Å²) in [6.45, 7) is 4.82. The summed E-state index contributed by atoms with van der Waals surface area (Å²) >= 11 is 1.67. The first-order valence-electron chi connectivity index (χ1n) is 7.60. The summed E-state index contributed by atoms with van der Waals surface area (Å²) in [6, 6.07) is 14.5. The van der Waals surface area contributed by atoms with Gasteiger partial charge in [-0.3, -0.25) is 4.79 Å². The third kappa shape index (κ3) is 2.92. The van der Waals surface area contributed by atoms with Gasteiger partial charge in [0.2, 0.25) is 0 Å². The number of fused-ring (bicyclic) bond motifs is 1. The van der Waals surface area contributed by atoms with Crippen LogP contribution in [-0.4, -0.2) is 16.5 Å². The summed E-state index contributed by atoms with van der Waals surface area (Å²) in [5.74, 6) is 0.00804. The number of carbonyl (C=O) groups is 1. The molecule has 0 spiro atoms. The molecule has 3 nitrogen and oxygen atoms in total. The highest BCUT2D eigenvalue weighted by molar-refractivity contribution is 7.17. The number of benzene rings is 1. The maximum absolute atomic E-state index is 12.6. The van der Waals surface area contributed by atoms with E-state index in [9.17, 15) is 4.79 Å². The number of rotatable bonds is 5. The first kappa shape index (κ1) is 14.9. The molecular weight excluding hydrogens is 292 g/mol. The van der Waals surface area contributed by atoms with E-state index in [0.29, 0.717) is 6.54 Å². The summed E-state index contributed by atoms with van der Waals surface area (Å²) in [4.78, 5) is 12.6. The van der Waals surface area contributed by atoms with E-state index < -0.39 is 0 Å². The third-order valence-corrected chi connectivity index (χ3v) is 4.78. The summed E-state index contributed by atoms with van der Waals surface area (Å²) in [6.07, 6.45) is 0.930. The predicted molar refractivity (Wildman–Crippen MR) is 92.6 cm³/mol.